The van der Waals surface area contributed by atoms with Crippen molar-refractivity contribution in [2.75, 3.05) is 0 Å². The summed E-state index contributed by atoms with van der Waals surface area (Å²) in [7, 11) is 0. The molecule has 0 aliphatic carbocycles. The molecule has 0 radical (unpaired) electrons. The molecule has 0 unspecified atom stereocenters. The Morgan fingerprint density at radius 3 is 2.80 bits per heavy atom. The molecule has 0 fully saturated rings. The van der Waals surface area contributed by atoms with Crippen LogP contribution in [0.3, 0.4) is 0 Å². The van der Waals surface area contributed by atoms with Crippen LogP contribution in [0.1, 0.15) is 44.6 Å². The molecule has 2 aromatic rings. The van der Waals surface area contributed by atoms with Crippen molar-refractivity contribution in [3.63, 3.8) is 0 Å². The van der Waals surface area contributed by atoms with Crippen molar-refractivity contribution < 1.29 is 4.74 Å². The number of hydrogen-bond acceptors (Lipinski definition) is 5. The molecule has 6 heteroatoms. The van der Waals surface area contributed by atoms with Crippen LogP contribution in [0.2, 0.25) is 0 Å². The van der Waals surface area contributed by atoms with Crippen molar-refractivity contribution in [1.29, 1.82) is 0 Å². The molecule has 0 aliphatic rings. The Kier molecular flexibility index (Phi) is 4.68. The predicted molar refractivity (Wildman–Crippen MR) is 76.6 cm³/mol. The molecule has 0 atom stereocenters. The minimum Gasteiger partial charge on any atom is -0.450 e. The fourth-order valence-corrected chi connectivity index (χ4v) is 1.81. The van der Waals surface area contributed by atoms with Gasteiger partial charge in [0.1, 0.15) is 11.5 Å². The van der Waals surface area contributed by atoms with Crippen LogP contribution in [0.15, 0.2) is 18.6 Å². The molecule has 0 saturated carbocycles. The molecule has 0 aliphatic heterocycles. The maximum Gasteiger partial charge on any atom is 0.168 e. The molecule has 2 aromatic heterocycles. The van der Waals surface area contributed by atoms with Crippen LogP contribution in [0.4, 0.5) is 0 Å². The van der Waals surface area contributed by atoms with Gasteiger partial charge in [-0.1, -0.05) is 20.8 Å². The van der Waals surface area contributed by atoms with Gasteiger partial charge in [0.2, 0.25) is 0 Å². The largest absolute Gasteiger partial charge is 0.450 e. The number of aryl methyl sites for hydroxylation is 1. The van der Waals surface area contributed by atoms with E-state index in [-0.39, 0.29) is 5.92 Å². The molecule has 2 heterocycles. The second-order valence-electron chi connectivity index (χ2n) is 4.94. The number of aromatic nitrogens is 4. The molecule has 6 nitrogen and oxygen atoms in total. The maximum absolute atomic E-state index is 5.77. The monoisotopic (exact) mass is 275 g/mol. The molecule has 108 valence electrons. The van der Waals surface area contributed by atoms with E-state index in [1.807, 2.05) is 24.7 Å². The second kappa shape index (κ2) is 6.47. The van der Waals surface area contributed by atoms with Crippen molar-refractivity contribution in [2.24, 2.45) is 5.73 Å². The Bertz CT molecular complexity index is 564. The third-order valence-electron chi connectivity index (χ3n) is 2.85. The highest BCUT2D eigenvalue weighted by molar-refractivity contribution is 5.30. The van der Waals surface area contributed by atoms with Crippen LogP contribution in [0.25, 0.3) is 0 Å². The number of ether oxygens (including phenoxy) is 1. The fraction of sp³-hybridized carbons (Fsp3) is 0.500. The van der Waals surface area contributed by atoms with Crippen LogP contribution < -0.4 is 10.5 Å². The molecule has 0 aromatic carbocycles. The summed E-state index contributed by atoms with van der Waals surface area (Å²) in [4.78, 5) is 8.75. The minimum absolute atomic E-state index is 0.265. The Morgan fingerprint density at radius 1 is 1.35 bits per heavy atom. The number of hydrogen-bond donors (Lipinski definition) is 1. The van der Waals surface area contributed by atoms with E-state index in [4.69, 9.17) is 10.5 Å². The summed E-state index contributed by atoms with van der Waals surface area (Å²) in [5, 5.41) is 4.22. The van der Waals surface area contributed by atoms with Gasteiger partial charge < -0.3 is 10.5 Å². The Morgan fingerprint density at radius 2 is 2.15 bits per heavy atom. The van der Waals surface area contributed by atoms with Gasteiger partial charge in [-0.05, 0) is 6.42 Å². The van der Waals surface area contributed by atoms with E-state index in [0.717, 1.165) is 18.8 Å². The number of rotatable bonds is 6. The first kappa shape index (κ1) is 14.5. The van der Waals surface area contributed by atoms with E-state index in [1.54, 1.807) is 12.4 Å². The topological polar surface area (TPSA) is 78.8 Å². The fourth-order valence-electron chi connectivity index (χ4n) is 1.81. The third-order valence-corrected chi connectivity index (χ3v) is 2.85. The van der Waals surface area contributed by atoms with Crippen molar-refractivity contribution in [1.82, 2.24) is 19.7 Å². The van der Waals surface area contributed by atoms with E-state index in [9.17, 15) is 0 Å². The molecular formula is C14H21N5O. The van der Waals surface area contributed by atoms with Gasteiger partial charge in [0.25, 0.3) is 0 Å². The van der Waals surface area contributed by atoms with E-state index in [1.165, 1.54) is 0 Å². The summed E-state index contributed by atoms with van der Waals surface area (Å²) < 4.78 is 7.62. The summed E-state index contributed by atoms with van der Waals surface area (Å²) in [6, 6.07) is 0. The van der Waals surface area contributed by atoms with Gasteiger partial charge in [-0.25, -0.2) is 9.97 Å². The first-order valence-electron chi connectivity index (χ1n) is 6.90. The van der Waals surface area contributed by atoms with Crippen molar-refractivity contribution in [3.8, 4) is 11.5 Å². The molecule has 2 N–H and O–H groups in total. The standard InChI is InChI=1S/C14H21N5O/c1-4-5-19-9-11(7-17-19)20-13-8-16-14(10(2)3)18-12(13)6-15/h7-10H,4-6,15H2,1-3H3. The van der Waals surface area contributed by atoms with Crippen molar-refractivity contribution >= 4 is 0 Å². The Labute approximate surface area is 119 Å². The highest BCUT2D eigenvalue weighted by Gasteiger charge is 2.11. The number of nitrogens with zero attached hydrogens (tertiary/aromatic N) is 4. The molecule has 0 amide bonds. The van der Waals surface area contributed by atoms with Crippen LogP contribution in [0.5, 0.6) is 11.5 Å². The molecule has 2 rings (SSSR count). The smallest absolute Gasteiger partial charge is 0.168 e. The van der Waals surface area contributed by atoms with Gasteiger partial charge >= 0.3 is 0 Å². The van der Waals surface area contributed by atoms with E-state index >= 15 is 0 Å². The first-order chi connectivity index (χ1) is 9.63. The molecule has 0 spiro atoms. The van der Waals surface area contributed by atoms with Crippen LogP contribution in [0, 0.1) is 0 Å². The van der Waals surface area contributed by atoms with Gasteiger partial charge in [0.15, 0.2) is 11.5 Å². The summed E-state index contributed by atoms with van der Waals surface area (Å²) in [6.45, 7) is 7.39. The highest BCUT2D eigenvalue weighted by Crippen LogP contribution is 2.24. The normalized spacial score (nSPS) is 11.1. The van der Waals surface area contributed by atoms with Gasteiger partial charge in [-0.15, -0.1) is 0 Å². The lowest BCUT2D eigenvalue weighted by atomic mass is 10.2. The number of nitrogens with two attached hydrogens (primary N) is 1. The average molecular weight is 275 g/mol. The van der Waals surface area contributed by atoms with E-state index < -0.39 is 0 Å². The van der Waals surface area contributed by atoms with Crippen molar-refractivity contribution in [3.05, 3.63) is 30.1 Å². The van der Waals surface area contributed by atoms with Gasteiger partial charge in [-0.3, -0.25) is 4.68 Å². The quantitative estimate of drug-likeness (QED) is 0.876. The summed E-state index contributed by atoms with van der Waals surface area (Å²) in [5.74, 6) is 2.31. The van der Waals surface area contributed by atoms with E-state index in [0.29, 0.717) is 23.7 Å². The average Bonchev–Trinajstić information content (AvgIpc) is 2.87. The maximum atomic E-state index is 5.77. The van der Waals surface area contributed by atoms with Crippen LogP contribution >= 0.6 is 0 Å². The summed E-state index contributed by atoms with van der Waals surface area (Å²) >= 11 is 0. The zero-order valence-corrected chi connectivity index (χ0v) is 12.2. The summed E-state index contributed by atoms with van der Waals surface area (Å²) in [5.41, 5.74) is 6.45. The minimum atomic E-state index is 0.265. The first-order valence-corrected chi connectivity index (χ1v) is 6.90. The highest BCUT2D eigenvalue weighted by atomic mass is 16.5. The predicted octanol–water partition coefficient (Wildman–Crippen LogP) is 2.46. The molecular weight excluding hydrogens is 254 g/mol. The Balaban J connectivity index is 2.19. The Hall–Kier alpha value is -1.95. The van der Waals surface area contributed by atoms with Crippen LogP contribution in [-0.2, 0) is 13.1 Å². The lowest BCUT2D eigenvalue weighted by Crippen LogP contribution is -2.07. The lowest BCUT2D eigenvalue weighted by molar-refractivity contribution is 0.465. The van der Waals surface area contributed by atoms with Gasteiger partial charge in [0.05, 0.1) is 18.6 Å². The zero-order valence-electron chi connectivity index (χ0n) is 12.2. The zero-order chi connectivity index (χ0) is 14.5. The lowest BCUT2D eigenvalue weighted by Gasteiger charge is -2.10. The molecule has 0 bridgehead atoms. The van der Waals surface area contributed by atoms with Crippen LogP contribution in [-0.4, -0.2) is 19.7 Å². The molecule has 20 heavy (non-hydrogen) atoms. The SMILES string of the molecule is CCCn1cc(Oc2cnc(C(C)C)nc2CN)cn1. The third kappa shape index (κ3) is 3.33. The van der Waals surface area contributed by atoms with Gasteiger partial charge in [0, 0.05) is 19.0 Å². The molecule has 0 saturated heterocycles. The second-order valence-corrected chi connectivity index (χ2v) is 4.94. The van der Waals surface area contributed by atoms with Gasteiger partial charge in [-0.2, -0.15) is 5.10 Å². The van der Waals surface area contributed by atoms with E-state index in [2.05, 4.69) is 22.0 Å². The van der Waals surface area contributed by atoms with Crippen molar-refractivity contribution in [2.45, 2.75) is 46.2 Å². The summed E-state index contributed by atoms with van der Waals surface area (Å²) in [6.07, 6.45) is 6.26.